The second-order valence-electron chi connectivity index (χ2n) is 3.94. The van der Waals surface area contributed by atoms with E-state index in [1.165, 1.54) is 0 Å². The molecule has 0 aromatic heterocycles. The molecule has 4 heteroatoms. The first kappa shape index (κ1) is 13.6. The molecule has 0 saturated carbocycles. The summed E-state index contributed by atoms with van der Waals surface area (Å²) in [6, 6.07) is 2.20. The minimum Gasteiger partial charge on any atom is -0.385 e. The van der Waals surface area contributed by atoms with Crippen molar-refractivity contribution < 1.29 is 8.95 Å². The van der Waals surface area contributed by atoms with Gasteiger partial charge in [-0.1, -0.05) is 0 Å². The summed E-state index contributed by atoms with van der Waals surface area (Å²) in [6.45, 7) is 4.41. The fourth-order valence-corrected chi connectivity index (χ4v) is 2.27. The van der Waals surface area contributed by atoms with Gasteiger partial charge in [0.15, 0.2) is 0 Å². The molecule has 0 amide bonds. The van der Waals surface area contributed by atoms with Crippen molar-refractivity contribution in [2.24, 2.45) is 5.41 Å². The van der Waals surface area contributed by atoms with E-state index in [4.69, 9.17) is 10.00 Å². The van der Waals surface area contributed by atoms with Gasteiger partial charge in [-0.3, -0.25) is 4.21 Å². The van der Waals surface area contributed by atoms with Crippen LogP contribution in [0.15, 0.2) is 0 Å². The molecular weight excluding hydrogens is 198 g/mol. The van der Waals surface area contributed by atoms with Crippen LogP contribution in [0, 0.1) is 16.7 Å². The molecule has 0 saturated heterocycles. The number of hydrogen-bond acceptors (Lipinski definition) is 3. The van der Waals surface area contributed by atoms with Crippen molar-refractivity contribution in [2.45, 2.75) is 26.7 Å². The maximum absolute atomic E-state index is 11.4. The lowest BCUT2D eigenvalue weighted by molar-refractivity contribution is 0.200. The van der Waals surface area contributed by atoms with Gasteiger partial charge < -0.3 is 4.74 Å². The summed E-state index contributed by atoms with van der Waals surface area (Å²) in [6.07, 6.45) is 1.53. The minimum absolute atomic E-state index is 0.350. The van der Waals surface area contributed by atoms with Gasteiger partial charge in [0, 0.05) is 36.0 Å². The van der Waals surface area contributed by atoms with E-state index in [-0.39, 0.29) is 5.41 Å². The first-order valence-corrected chi connectivity index (χ1v) is 6.26. The topological polar surface area (TPSA) is 50.1 Å². The normalized spacial score (nSPS) is 13.6. The molecule has 0 rings (SSSR count). The Labute approximate surface area is 88.9 Å². The molecule has 1 atom stereocenters. The highest BCUT2D eigenvalue weighted by molar-refractivity contribution is 7.84. The average molecular weight is 217 g/mol. The lowest BCUT2D eigenvalue weighted by Crippen LogP contribution is -2.14. The lowest BCUT2D eigenvalue weighted by Gasteiger charge is -2.13. The molecule has 0 spiro atoms. The highest BCUT2D eigenvalue weighted by Gasteiger charge is 2.17. The van der Waals surface area contributed by atoms with Crippen molar-refractivity contribution in [3.8, 4) is 6.07 Å². The van der Waals surface area contributed by atoms with Gasteiger partial charge in [0.2, 0.25) is 0 Å². The molecule has 0 bridgehead atoms. The van der Waals surface area contributed by atoms with Gasteiger partial charge in [0.05, 0.1) is 11.5 Å². The van der Waals surface area contributed by atoms with Crippen LogP contribution in [0.5, 0.6) is 0 Å². The van der Waals surface area contributed by atoms with E-state index in [0.29, 0.717) is 24.5 Å². The predicted molar refractivity (Wildman–Crippen MR) is 58.4 cm³/mol. The number of hydrogen-bond donors (Lipinski definition) is 0. The van der Waals surface area contributed by atoms with Gasteiger partial charge in [0.1, 0.15) is 0 Å². The van der Waals surface area contributed by atoms with E-state index in [0.717, 1.165) is 6.42 Å². The molecule has 0 aromatic carbocycles. The van der Waals surface area contributed by atoms with E-state index in [2.05, 4.69) is 6.07 Å². The molecule has 3 nitrogen and oxygen atoms in total. The molecule has 0 aliphatic rings. The van der Waals surface area contributed by atoms with E-state index in [9.17, 15) is 4.21 Å². The number of nitriles is 1. The van der Waals surface area contributed by atoms with Crippen LogP contribution in [0.3, 0.4) is 0 Å². The SMILES string of the molecule is COCCCS(=O)CCC(C)(C)C#N. The second kappa shape index (κ2) is 6.97. The van der Waals surface area contributed by atoms with Crippen LogP contribution in [0.4, 0.5) is 0 Å². The summed E-state index contributed by atoms with van der Waals surface area (Å²) in [5, 5.41) is 8.75. The zero-order valence-corrected chi connectivity index (χ0v) is 10.0. The van der Waals surface area contributed by atoms with Crippen molar-refractivity contribution >= 4 is 10.8 Å². The lowest BCUT2D eigenvalue weighted by atomic mass is 9.93. The Morgan fingerprint density at radius 1 is 1.43 bits per heavy atom. The first-order valence-electron chi connectivity index (χ1n) is 4.77. The molecule has 0 aromatic rings. The largest absolute Gasteiger partial charge is 0.385 e. The third kappa shape index (κ3) is 7.05. The summed E-state index contributed by atoms with van der Waals surface area (Å²) in [7, 11) is 0.840. The minimum atomic E-state index is -0.801. The summed E-state index contributed by atoms with van der Waals surface area (Å²) < 4.78 is 16.3. The van der Waals surface area contributed by atoms with Gasteiger partial charge in [0.25, 0.3) is 0 Å². The fraction of sp³-hybridized carbons (Fsp3) is 0.900. The van der Waals surface area contributed by atoms with Gasteiger partial charge in [-0.25, -0.2) is 0 Å². The zero-order valence-electron chi connectivity index (χ0n) is 9.21. The molecule has 14 heavy (non-hydrogen) atoms. The Kier molecular flexibility index (Phi) is 6.77. The van der Waals surface area contributed by atoms with Crippen LogP contribution in [-0.2, 0) is 15.5 Å². The third-order valence-corrected chi connectivity index (χ3v) is 3.38. The highest BCUT2D eigenvalue weighted by atomic mass is 32.2. The molecule has 0 aliphatic carbocycles. The Balaban J connectivity index is 3.60. The van der Waals surface area contributed by atoms with Crippen LogP contribution in [0.1, 0.15) is 26.7 Å². The van der Waals surface area contributed by atoms with Crippen molar-refractivity contribution in [3.63, 3.8) is 0 Å². The number of ether oxygens (including phenoxy) is 1. The number of rotatable bonds is 7. The number of nitrogens with zero attached hydrogens (tertiary/aromatic N) is 1. The molecular formula is C10H19NO2S. The third-order valence-electron chi connectivity index (χ3n) is 1.98. The Bertz CT molecular complexity index is 221. The van der Waals surface area contributed by atoms with Crippen molar-refractivity contribution in [3.05, 3.63) is 0 Å². The first-order chi connectivity index (χ1) is 6.52. The molecule has 0 radical (unpaired) electrons. The van der Waals surface area contributed by atoms with Gasteiger partial charge in [-0.15, -0.1) is 0 Å². The van der Waals surface area contributed by atoms with Crippen molar-refractivity contribution in [2.75, 3.05) is 25.2 Å². The van der Waals surface area contributed by atoms with Gasteiger partial charge in [-0.05, 0) is 26.7 Å². The van der Waals surface area contributed by atoms with E-state index in [1.807, 2.05) is 13.8 Å². The second-order valence-corrected chi connectivity index (χ2v) is 5.64. The summed E-state index contributed by atoms with van der Waals surface area (Å²) in [5.74, 6) is 1.29. The highest BCUT2D eigenvalue weighted by Crippen LogP contribution is 2.18. The molecule has 0 fully saturated rings. The summed E-state index contributed by atoms with van der Waals surface area (Å²) in [4.78, 5) is 0. The smallest absolute Gasteiger partial charge is 0.0684 e. The van der Waals surface area contributed by atoms with Gasteiger partial charge >= 0.3 is 0 Å². The van der Waals surface area contributed by atoms with Gasteiger partial charge in [-0.2, -0.15) is 5.26 Å². The zero-order chi connectivity index (χ0) is 11.0. The van der Waals surface area contributed by atoms with E-state index < -0.39 is 10.8 Å². The maximum atomic E-state index is 11.4. The quantitative estimate of drug-likeness (QED) is 0.610. The molecule has 1 unspecified atom stereocenters. The summed E-state index contributed by atoms with van der Waals surface area (Å²) >= 11 is 0. The van der Waals surface area contributed by atoms with E-state index >= 15 is 0 Å². The van der Waals surface area contributed by atoms with Crippen LogP contribution in [0.2, 0.25) is 0 Å². The Hall–Kier alpha value is -0.400. The van der Waals surface area contributed by atoms with Crippen LogP contribution >= 0.6 is 0 Å². The van der Waals surface area contributed by atoms with Crippen molar-refractivity contribution in [1.82, 2.24) is 0 Å². The van der Waals surface area contributed by atoms with Crippen LogP contribution < -0.4 is 0 Å². The standard InChI is InChI=1S/C10H19NO2S/c1-10(2,9-11)5-8-14(12)7-4-6-13-3/h4-8H2,1-3H3. The fourth-order valence-electron chi connectivity index (χ4n) is 0.891. The van der Waals surface area contributed by atoms with E-state index in [1.54, 1.807) is 7.11 Å². The molecule has 82 valence electrons. The average Bonchev–Trinajstić information content (AvgIpc) is 2.16. The van der Waals surface area contributed by atoms with Crippen molar-refractivity contribution in [1.29, 1.82) is 5.26 Å². The Morgan fingerprint density at radius 2 is 2.07 bits per heavy atom. The van der Waals surface area contributed by atoms with Crippen LogP contribution in [-0.4, -0.2) is 29.4 Å². The predicted octanol–water partition coefficient (Wildman–Crippen LogP) is 1.71. The monoisotopic (exact) mass is 217 g/mol. The molecule has 0 aliphatic heterocycles. The Morgan fingerprint density at radius 3 is 2.57 bits per heavy atom. The molecule has 0 heterocycles. The molecule has 0 N–H and O–H groups in total. The maximum Gasteiger partial charge on any atom is 0.0684 e. The summed E-state index contributed by atoms with van der Waals surface area (Å²) in [5.41, 5.74) is -0.350. The van der Waals surface area contributed by atoms with Crippen LogP contribution in [0.25, 0.3) is 0 Å². The number of methoxy groups -OCH3 is 1.